The second-order valence-electron chi connectivity index (χ2n) is 21.7. The summed E-state index contributed by atoms with van der Waals surface area (Å²) in [5.41, 5.74) is 6.42. The van der Waals surface area contributed by atoms with E-state index in [0.29, 0.717) is 24.5 Å². The zero-order valence-corrected chi connectivity index (χ0v) is 57.0. The zero-order valence-electron chi connectivity index (χ0n) is 53.8. The van der Waals surface area contributed by atoms with Crippen LogP contribution in [0.25, 0.3) is 12.2 Å². The van der Waals surface area contributed by atoms with Crippen LogP contribution in [0.15, 0.2) is 253 Å². The van der Waals surface area contributed by atoms with Gasteiger partial charge in [0.05, 0.1) is 5.56 Å². The van der Waals surface area contributed by atoms with E-state index in [4.69, 9.17) is 9.47 Å². The first-order chi connectivity index (χ1) is 43.5. The zero-order chi connectivity index (χ0) is 61.5. The van der Waals surface area contributed by atoms with Gasteiger partial charge >= 0.3 is 18.9 Å². The van der Waals surface area contributed by atoms with Crippen LogP contribution in [0.4, 0.5) is 11.4 Å². The van der Waals surface area contributed by atoms with Crippen LogP contribution in [-0.4, -0.2) is 32.5 Å². The smallest absolute Gasteiger partial charge is 1.00 e. The van der Waals surface area contributed by atoms with Gasteiger partial charge in [-0.1, -0.05) is 194 Å². The van der Waals surface area contributed by atoms with Crippen molar-refractivity contribution in [3.63, 3.8) is 0 Å². The van der Waals surface area contributed by atoms with Crippen LogP contribution in [0, 0.1) is 6.07 Å². The minimum absolute atomic E-state index is 0. The molecule has 90 heavy (non-hydrogen) atoms. The van der Waals surface area contributed by atoms with Gasteiger partial charge in [0.25, 0.3) is 0 Å². The quantitative estimate of drug-likeness (QED) is 0.0148. The molecule has 10 rings (SSSR count). The predicted octanol–water partition coefficient (Wildman–Crippen LogP) is 14.9. The molecule has 0 aliphatic carbocycles. The first kappa shape index (κ1) is 73.8. The number of hydrogen-bond acceptors (Lipinski definition) is 7. The minimum Gasteiger partial charge on any atom is -1.00 e. The molecule has 464 valence electrons. The Kier molecular flexibility index (Phi) is 35.9. The van der Waals surface area contributed by atoms with Gasteiger partial charge < -0.3 is 31.7 Å². The molecule has 0 N–H and O–H groups in total. The van der Waals surface area contributed by atoms with Gasteiger partial charge in [0.15, 0.2) is 6.29 Å². The van der Waals surface area contributed by atoms with Crippen LogP contribution in [-0.2, 0) is 19.4 Å². The number of unbranched alkanes of at least 4 members (excludes halogenated alkanes) is 6. The number of thiophene rings is 2. The fourth-order valence-electron chi connectivity index (χ4n) is 10.2. The SMILES string of the molecule is CCCCCN(CCCC)c1ccc(C=Cc2cccs2)c(OCc2ccccc2)c1.CCCCCN(CCCC)c1ccc(C=O)c(OCc2ccccc2)c1.[Cl-].[Li+].[c-]1ccccc1.c1ccc([P+](Cc2cccs2)(c2ccccc2)c2ccccc2)cc1. The maximum atomic E-state index is 11.4. The molecule has 2 heterocycles. The number of carbonyl (C=O) groups is 1. The van der Waals surface area contributed by atoms with Gasteiger partial charge in [-0.25, -0.2) is 0 Å². The van der Waals surface area contributed by atoms with Crippen LogP contribution < -0.4 is 66.5 Å². The van der Waals surface area contributed by atoms with E-state index < -0.39 is 7.26 Å². The van der Waals surface area contributed by atoms with Gasteiger partial charge in [-0.2, -0.15) is 36.4 Å². The number of ether oxygens (including phenoxy) is 2. The van der Waals surface area contributed by atoms with E-state index in [1.54, 1.807) is 11.3 Å². The Morgan fingerprint density at radius 3 is 1.23 bits per heavy atom. The van der Waals surface area contributed by atoms with Crippen molar-refractivity contribution < 1.29 is 45.5 Å². The summed E-state index contributed by atoms with van der Waals surface area (Å²) in [4.78, 5) is 19.1. The summed E-state index contributed by atoms with van der Waals surface area (Å²) in [6, 6.07) is 87.4. The summed E-state index contributed by atoms with van der Waals surface area (Å²) in [5, 5.41) is 8.63. The number of anilines is 2. The van der Waals surface area contributed by atoms with Crippen LogP contribution >= 0.6 is 29.9 Å². The molecule has 0 aliphatic rings. The Morgan fingerprint density at radius 1 is 0.433 bits per heavy atom. The van der Waals surface area contributed by atoms with E-state index in [2.05, 4.69) is 224 Å². The van der Waals surface area contributed by atoms with Crippen LogP contribution in [0.5, 0.6) is 11.5 Å². The maximum Gasteiger partial charge on any atom is 1.00 e. The third-order valence-corrected chi connectivity index (χ3v) is 21.4. The second-order valence-corrected chi connectivity index (χ2v) is 27.2. The number of rotatable bonds is 30. The van der Waals surface area contributed by atoms with Crippen LogP contribution in [0.3, 0.4) is 0 Å². The fourth-order valence-corrected chi connectivity index (χ4v) is 16.3. The number of halogens is 1. The first-order valence-electron chi connectivity index (χ1n) is 31.7. The van der Waals surface area contributed by atoms with Gasteiger partial charge in [0.2, 0.25) is 0 Å². The topological polar surface area (TPSA) is 42.0 Å². The average Bonchev–Trinajstić information content (AvgIpc) is 0.943. The van der Waals surface area contributed by atoms with E-state index in [0.717, 1.165) is 61.2 Å². The van der Waals surface area contributed by atoms with E-state index in [9.17, 15) is 4.79 Å². The number of hydrogen-bond donors (Lipinski definition) is 0. The molecule has 8 aromatic carbocycles. The Morgan fingerprint density at radius 2 is 0.844 bits per heavy atom. The van der Waals surface area contributed by atoms with E-state index >= 15 is 0 Å². The Hall–Kier alpha value is -6.91. The average molecular weight is 1270 g/mol. The number of benzene rings is 8. The Bertz CT molecular complexity index is 3290. The summed E-state index contributed by atoms with van der Waals surface area (Å²) in [5.74, 6) is 1.62. The standard InChI is InChI=1S/C28H35NOS.C23H31NO2.C23H20PS.C6H5.ClH.Li/c1-3-5-10-20-29(19-6-4-2)26-17-15-25(16-18-27-14-11-21-31-27)28(22-26)30-23-24-12-8-7-9-13-24;1-3-5-10-16-24(15-6-4-2)22-14-13-21(18-25)23(17-22)26-19-20-11-8-7-9-12-20;1-4-11-20(12-5-1)24(19-23-17-10-18-25-23,21-13-6-2-7-14-21)22-15-8-3-9-16-22;1-2-4-6-5-3-1;;/h7-9,11-18,21-22H,3-6,10,19-20,23H2,1-2H3;7-9,11-14,17-18H,3-6,10,15-16,19H2,1-2H3;1-18H,19H2;1-5H;1H;/q;;+1;-1;;+1/p-1. The molecule has 0 fully saturated rings. The molecule has 5 nitrogen and oxygen atoms in total. The monoisotopic (exact) mass is 1260 g/mol. The molecule has 0 aliphatic heterocycles. The molecule has 0 radical (unpaired) electrons. The van der Waals surface area contributed by atoms with Crippen molar-refractivity contribution in [1.29, 1.82) is 0 Å². The Labute approximate surface area is 567 Å². The predicted molar refractivity (Wildman–Crippen MR) is 385 cm³/mol. The molecule has 0 bridgehead atoms. The normalized spacial score (nSPS) is 10.6. The second kappa shape index (κ2) is 43.7. The fraction of sp³-hybridized carbons (Fsp3) is 0.263. The summed E-state index contributed by atoms with van der Waals surface area (Å²) in [7, 11) is -1.73. The molecule has 10 heteroatoms. The van der Waals surface area contributed by atoms with Crippen molar-refractivity contribution in [1.82, 2.24) is 0 Å². The van der Waals surface area contributed by atoms with Crippen molar-refractivity contribution in [3.05, 3.63) is 291 Å². The summed E-state index contributed by atoms with van der Waals surface area (Å²) < 4.78 is 12.3. The molecule has 2 aromatic heterocycles. The molecule has 10 aromatic rings. The van der Waals surface area contributed by atoms with Crippen LogP contribution in [0.1, 0.15) is 129 Å². The van der Waals surface area contributed by atoms with Gasteiger partial charge in [-0.3, -0.25) is 4.79 Å². The minimum atomic E-state index is -1.73. The first-order valence-corrected chi connectivity index (χ1v) is 35.5. The third kappa shape index (κ3) is 24.7. The molecular weight excluding hydrogens is 1170 g/mol. The molecule has 0 saturated heterocycles. The Balaban J connectivity index is 0.000000232. The van der Waals surface area contributed by atoms with E-state index in [1.807, 2.05) is 96.3 Å². The maximum absolute atomic E-state index is 11.4. The van der Waals surface area contributed by atoms with Crippen molar-refractivity contribution >= 4 is 75.7 Å². The summed E-state index contributed by atoms with van der Waals surface area (Å²) in [6.07, 6.45) is 18.5. The van der Waals surface area contributed by atoms with E-state index in [1.165, 1.54) is 101 Å². The van der Waals surface area contributed by atoms with Crippen molar-refractivity contribution in [2.75, 3.05) is 36.0 Å². The van der Waals surface area contributed by atoms with Crippen molar-refractivity contribution in [2.45, 2.75) is 111 Å². The largest absolute Gasteiger partial charge is 1.00 e. The molecule has 0 atom stereocenters. The number of carbonyl (C=O) groups excluding carboxylic acids is 1. The van der Waals surface area contributed by atoms with Crippen LogP contribution in [0.2, 0.25) is 0 Å². The molecule has 0 saturated carbocycles. The van der Waals surface area contributed by atoms with Gasteiger partial charge in [-0.05, 0) is 133 Å². The molecule has 0 spiro atoms. The summed E-state index contributed by atoms with van der Waals surface area (Å²) in [6.45, 7) is 14.3. The van der Waals surface area contributed by atoms with Gasteiger partial charge in [0, 0.05) is 65.0 Å². The van der Waals surface area contributed by atoms with Gasteiger partial charge in [0.1, 0.15) is 54.1 Å². The molecule has 0 amide bonds. The van der Waals surface area contributed by atoms with Crippen molar-refractivity contribution in [3.8, 4) is 11.5 Å². The number of aldehydes is 1. The van der Waals surface area contributed by atoms with E-state index in [-0.39, 0.29) is 31.3 Å². The number of nitrogens with zero attached hydrogens (tertiary/aromatic N) is 2. The summed E-state index contributed by atoms with van der Waals surface area (Å²) >= 11 is 3.61. The van der Waals surface area contributed by atoms with Crippen molar-refractivity contribution in [2.24, 2.45) is 0 Å². The van der Waals surface area contributed by atoms with Gasteiger partial charge in [-0.15, -0.1) is 22.7 Å². The molecule has 0 unspecified atom stereocenters. The third-order valence-electron chi connectivity index (χ3n) is 15.1. The molecular formula is C80H91ClLiN2O3PS2.